The van der Waals surface area contributed by atoms with E-state index < -0.39 is 5.82 Å². The Morgan fingerprint density at radius 3 is 2.91 bits per heavy atom. The van der Waals surface area contributed by atoms with Crippen LogP contribution in [0.4, 0.5) is 15.9 Å². The van der Waals surface area contributed by atoms with Crippen LogP contribution in [0.3, 0.4) is 0 Å². The highest BCUT2D eigenvalue weighted by molar-refractivity contribution is 7.19. The quantitative estimate of drug-likeness (QED) is 0.512. The number of nitrogens with zero attached hydrogens (tertiary/aromatic N) is 4. The van der Waals surface area contributed by atoms with Crippen molar-refractivity contribution in [3.05, 3.63) is 58.0 Å². The number of likely N-dealkylation sites (tertiary alicyclic amines) is 1. The Labute approximate surface area is 205 Å². The first kappa shape index (κ1) is 23.2. The van der Waals surface area contributed by atoms with Crippen molar-refractivity contribution < 1.29 is 14.3 Å². The highest BCUT2D eigenvalue weighted by Gasteiger charge is 2.25. The second-order valence-electron chi connectivity index (χ2n) is 8.60. The van der Waals surface area contributed by atoms with Crippen molar-refractivity contribution in [2.24, 2.45) is 0 Å². The monoisotopic (exact) mass is 501 g/mol. The van der Waals surface area contributed by atoms with Gasteiger partial charge in [-0.1, -0.05) is 17.7 Å². The molecular weight excluding hydrogens is 477 g/mol. The molecule has 0 unspecified atom stereocenters. The van der Waals surface area contributed by atoms with E-state index in [4.69, 9.17) is 11.6 Å². The van der Waals surface area contributed by atoms with Gasteiger partial charge >= 0.3 is 0 Å². The Balaban J connectivity index is 1.29. The summed E-state index contributed by atoms with van der Waals surface area (Å²) < 4.78 is 13.5. The zero-order valence-electron chi connectivity index (χ0n) is 18.5. The number of fused-ring (bicyclic) bond motifs is 3. The van der Waals surface area contributed by atoms with Crippen LogP contribution >= 0.6 is 22.9 Å². The largest absolute Gasteiger partial charge is 0.393 e. The number of aliphatic hydroxyl groups excluding tert-OH is 1. The molecule has 2 N–H and O–H groups in total. The van der Waals surface area contributed by atoms with E-state index in [0.717, 1.165) is 53.1 Å². The van der Waals surface area contributed by atoms with E-state index in [1.54, 1.807) is 23.5 Å². The normalized spacial score (nSPS) is 17.4. The van der Waals surface area contributed by atoms with Crippen LogP contribution < -0.4 is 5.32 Å². The van der Waals surface area contributed by atoms with E-state index in [1.807, 2.05) is 11.0 Å². The second-order valence-corrected chi connectivity index (χ2v) is 10.1. The SMILES string of the molecule is O=C(C=CCN1CCC(O)CC1)N1CCc2c(sc3ncnc(Nc4ccc(F)c(Cl)c4)c23)C1. The summed E-state index contributed by atoms with van der Waals surface area (Å²) in [4.78, 5) is 27.7. The molecule has 0 aliphatic carbocycles. The molecule has 34 heavy (non-hydrogen) atoms. The number of piperidine rings is 1. The van der Waals surface area contributed by atoms with Crippen molar-refractivity contribution in [3.8, 4) is 0 Å². The number of halogens is 2. The van der Waals surface area contributed by atoms with Crippen molar-refractivity contribution >= 4 is 50.6 Å². The van der Waals surface area contributed by atoms with Crippen LogP contribution in [0.5, 0.6) is 0 Å². The third-order valence-electron chi connectivity index (χ3n) is 6.31. The molecule has 5 rings (SSSR count). The zero-order chi connectivity index (χ0) is 23.7. The van der Waals surface area contributed by atoms with E-state index in [2.05, 4.69) is 20.2 Å². The molecule has 1 amide bonds. The molecule has 178 valence electrons. The highest BCUT2D eigenvalue weighted by Crippen LogP contribution is 2.38. The van der Waals surface area contributed by atoms with Gasteiger partial charge in [0.25, 0.3) is 0 Å². The third-order valence-corrected chi connectivity index (χ3v) is 7.73. The number of thiophene rings is 1. The molecule has 7 nitrogen and oxygen atoms in total. The predicted molar refractivity (Wildman–Crippen MR) is 132 cm³/mol. The molecule has 2 aliphatic heterocycles. The van der Waals surface area contributed by atoms with Crippen molar-refractivity contribution in [3.63, 3.8) is 0 Å². The Morgan fingerprint density at radius 2 is 2.12 bits per heavy atom. The summed E-state index contributed by atoms with van der Waals surface area (Å²) in [6.45, 7) is 3.59. The van der Waals surface area contributed by atoms with Crippen molar-refractivity contribution in [1.82, 2.24) is 19.8 Å². The fourth-order valence-corrected chi connectivity index (χ4v) is 5.81. The summed E-state index contributed by atoms with van der Waals surface area (Å²) in [7, 11) is 0. The number of anilines is 2. The first-order valence-corrected chi connectivity index (χ1v) is 12.5. The van der Waals surface area contributed by atoms with Gasteiger partial charge in [-0.25, -0.2) is 14.4 Å². The molecule has 2 aliphatic rings. The molecule has 0 bridgehead atoms. The lowest BCUT2D eigenvalue weighted by atomic mass is 10.0. The number of carbonyl (C=O) groups excluding carboxylic acids is 1. The maximum absolute atomic E-state index is 13.5. The van der Waals surface area contributed by atoms with Gasteiger partial charge in [-0.2, -0.15) is 0 Å². The van der Waals surface area contributed by atoms with Crippen molar-refractivity contribution in [2.45, 2.75) is 31.9 Å². The summed E-state index contributed by atoms with van der Waals surface area (Å²) in [6, 6.07) is 4.47. The Bertz CT molecular complexity index is 1240. The number of amides is 1. The fraction of sp³-hybridized carbons (Fsp3) is 0.375. The minimum Gasteiger partial charge on any atom is -0.393 e. The highest BCUT2D eigenvalue weighted by atomic mass is 35.5. The van der Waals surface area contributed by atoms with Crippen LogP contribution in [-0.4, -0.2) is 63.1 Å². The van der Waals surface area contributed by atoms with Crippen molar-refractivity contribution in [2.75, 3.05) is 31.5 Å². The van der Waals surface area contributed by atoms with E-state index >= 15 is 0 Å². The maximum atomic E-state index is 13.5. The summed E-state index contributed by atoms with van der Waals surface area (Å²) in [5.74, 6) is 0.184. The lowest BCUT2D eigenvalue weighted by molar-refractivity contribution is -0.126. The molecule has 1 fully saturated rings. The number of aliphatic hydroxyl groups is 1. The van der Waals surface area contributed by atoms with Gasteiger partial charge in [0, 0.05) is 42.8 Å². The van der Waals surface area contributed by atoms with Gasteiger partial charge in [0.05, 0.1) is 23.1 Å². The van der Waals surface area contributed by atoms with Crippen LogP contribution in [0.2, 0.25) is 5.02 Å². The summed E-state index contributed by atoms with van der Waals surface area (Å²) in [6.07, 6.45) is 7.18. The van der Waals surface area contributed by atoms with E-state index in [0.29, 0.717) is 31.0 Å². The minimum absolute atomic E-state index is 0.00513. The van der Waals surface area contributed by atoms with Gasteiger partial charge in [0.1, 0.15) is 22.8 Å². The summed E-state index contributed by atoms with van der Waals surface area (Å²) >= 11 is 7.49. The summed E-state index contributed by atoms with van der Waals surface area (Å²) in [5.41, 5.74) is 1.79. The number of rotatable bonds is 5. The van der Waals surface area contributed by atoms with E-state index in [1.165, 1.54) is 18.5 Å². The molecular formula is C24H25ClFN5O2S. The standard InChI is InChI=1S/C24H25ClFN5O2S/c25-18-12-15(3-4-19(18)26)29-23-22-17-7-11-31(13-20(17)34-24(22)28-14-27-23)21(33)2-1-8-30-9-5-16(32)6-10-30/h1-4,12,14,16,32H,5-11,13H2,(H,27,28,29). The lowest BCUT2D eigenvalue weighted by Crippen LogP contribution is -2.36. The van der Waals surface area contributed by atoms with Gasteiger partial charge in [-0.15, -0.1) is 11.3 Å². The van der Waals surface area contributed by atoms with Crippen LogP contribution in [0.1, 0.15) is 23.3 Å². The molecule has 0 radical (unpaired) electrons. The van der Waals surface area contributed by atoms with Crippen LogP contribution in [0.25, 0.3) is 10.2 Å². The molecule has 0 spiro atoms. The second kappa shape index (κ2) is 9.95. The molecule has 0 atom stereocenters. The van der Waals surface area contributed by atoms with Crippen molar-refractivity contribution in [1.29, 1.82) is 0 Å². The smallest absolute Gasteiger partial charge is 0.246 e. The zero-order valence-corrected chi connectivity index (χ0v) is 20.1. The van der Waals surface area contributed by atoms with Gasteiger partial charge in [0.2, 0.25) is 5.91 Å². The number of aromatic nitrogens is 2. The van der Waals surface area contributed by atoms with Gasteiger partial charge in [-0.05, 0) is 43.0 Å². The Kier molecular flexibility index (Phi) is 6.78. The molecule has 3 aromatic rings. The van der Waals surface area contributed by atoms with Gasteiger partial charge in [0.15, 0.2) is 0 Å². The molecule has 1 saturated heterocycles. The molecule has 2 aromatic heterocycles. The minimum atomic E-state index is -0.471. The Morgan fingerprint density at radius 1 is 1.29 bits per heavy atom. The maximum Gasteiger partial charge on any atom is 0.246 e. The predicted octanol–water partition coefficient (Wildman–Crippen LogP) is 4.13. The van der Waals surface area contributed by atoms with Crippen LogP contribution in [-0.2, 0) is 17.8 Å². The van der Waals surface area contributed by atoms with E-state index in [-0.39, 0.29) is 17.0 Å². The Hall–Kier alpha value is -2.59. The summed E-state index contributed by atoms with van der Waals surface area (Å²) in [5, 5.41) is 13.8. The number of benzene rings is 1. The lowest BCUT2D eigenvalue weighted by Gasteiger charge is -2.28. The number of carbonyl (C=O) groups is 1. The first-order chi connectivity index (χ1) is 16.5. The first-order valence-electron chi connectivity index (χ1n) is 11.3. The van der Waals surface area contributed by atoms with E-state index in [9.17, 15) is 14.3 Å². The average Bonchev–Trinajstić information content (AvgIpc) is 3.21. The fourth-order valence-electron chi connectivity index (χ4n) is 4.43. The van der Waals surface area contributed by atoms with Gasteiger partial charge in [-0.3, -0.25) is 9.69 Å². The molecule has 0 saturated carbocycles. The molecule has 1 aromatic carbocycles. The molecule has 10 heteroatoms. The topological polar surface area (TPSA) is 81.6 Å². The number of hydrogen-bond donors (Lipinski definition) is 2. The van der Waals surface area contributed by atoms with Gasteiger partial charge < -0.3 is 15.3 Å². The third kappa shape index (κ3) is 4.93. The van der Waals surface area contributed by atoms with Crippen LogP contribution in [0.15, 0.2) is 36.7 Å². The van der Waals surface area contributed by atoms with Crippen LogP contribution in [0, 0.1) is 5.82 Å². The molecule has 4 heterocycles. The number of nitrogens with one attached hydrogen (secondary N) is 1. The average molecular weight is 502 g/mol. The number of hydrogen-bond acceptors (Lipinski definition) is 7.